The SMILES string of the molecule is COc1cc(N2CCCC(C)C2)nc(NC(=S)NCCCc2ccc(F)cc2)n1. The first kappa shape index (κ1) is 21.2. The molecule has 1 aromatic carbocycles. The molecule has 1 aromatic heterocycles. The molecule has 0 saturated carbocycles. The molecule has 3 rings (SSSR count). The Kier molecular flexibility index (Phi) is 7.57. The van der Waals surface area contributed by atoms with Crippen LogP contribution in [0.2, 0.25) is 0 Å². The molecule has 1 atom stereocenters. The number of piperidine rings is 1. The molecule has 29 heavy (non-hydrogen) atoms. The van der Waals surface area contributed by atoms with Gasteiger partial charge in [0.1, 0.15) is 11.6 Å². The van der Waals surface area contributed by atoms with Gasteiger partial charge in [-0.3, -0.25) is 0 Å². The second kappa shape index (κ2) is 10.3. The Morgan fingerprint density at radius 3 is 2.83 bits per heavy atom. The Labute approximate surface area is 176 Å². The minimum atomic E-state index is -0.214. The molecule has 1 saturated heterocycles. The summed E-state index contributed by atoms with van der Waals surface area (Å²) in [5.41, 5.74) is 1.10. The van der Waals surface area contributed by atoms with Crippen LogP contribution >= 0.6 is 12.2 Å². The zero-order chi connectivity index (χ0) is 20.6. The van der Waals surface area contributed by atoms with Gasteiger partial charge in [0.2, 0.25) is 11.8 Å². The number of thiocarbonyl (C=S) groups is 1. The van der Waals surface area contributed by atoms with Crippen molar-refractivity contribution < 1.29 is 9.13 Å². The van der Waals surface area contributed by atoms with Crippen LogP contribution in [-0.2, 0) is 6.42 Å². The first-order chi connectivity index (χ1) is 14.0. The van der Waals surface area contributed by atoms with E-state index in [0.29, 0.717) is 29.4 Å². The molecule has 2 aromatic rings. The number of nitrogens with one attached hydrogen (secondary N) is 2. The third kappa shape index (κ3) is 6.52. The van der Waals surface area contributed by atoms with Crippen molar-refractivity contribution in [1.82, 2.24) is 15.3 Å². The number of hydrogen-bond acceptors (Lipinski definition) is 5. The number of nitrogens with zero attached hydrogens (tertiary/aromatic N) is 3. The van der Waals surface area contributed by atoms with E-state index < -0.39 is 0 Å². The lowest BCUT2D eigenvalue weighted by Crippen LogP contribution is -2.35. The van der Waals surface area contributed by atoms with Crippen molar-refractivity contribution in [1.29, 1.82) is 0 Å². The maximum Gasteiger partial charge on any atom is 0.234 e. The molecule has 156 valence electrons. The summed E-state index contributed by atoms with van der Waals surface area (Å²) < 4.78 is 18.3. The normalized spacial score (nSPS) is 16.4. The number of rotatable bonds is 7. The van der Waals surface area contributed by atoms with Crippen molar-refractivity contribution >= 4 is 29.1 Å². The molecule has 2 heterocycles. The number of anilines is 2. The molecule has 0 radical (unpaired) electrons. The number of halogens is 1. The van der Waals surface area contributed by atoms with Crippen molar-refractivity contribution in [2.24, 2.45) is 5.92 Å². The van der Waals surface area contributed by atoms with Crippen LogP contribution in [0.1, 0.15) is 31.7 Å². The van der Waals surface area contributed by atoms with Crippen LogP contribution in [0.15, 0.2) is 30.3 Å². The lowest BCUT2D eigenvalue weighted by Gasteiger charge is -2.32. The van der Waals surface area contributed by atoms with Crippen LogP contribution in [0.3, 0.4) is 0 Å². The van der Waals surface area contributed by atoms with Crippen LogP contribution in [0.4, 0.5) is 16.2 Å². The zero-order valence-electron chi connectivity index (χ0n) is 16.9. The van der Waals surface area contributed by atoms with Gasteiger partial charge in [0.15, 0.2) is 5.11 Å². The minimum Gasteiger partial charge on any atom is -0.481 e. The van der Waals surface area contributed by atoms with Gasteiger partial charge in [0.05, 0.1) is 7.11 Å². The highest BCUT2D eigenvalue weighted by Crippen LogP contribution is 2.25. The minimum absolute atomic E-state index is 0.214. The number of aryl methyl sites for hydroxylation is 1. The van der Waals surface area contributed by atoms with Gasteiger partial charge in [-0.15, -0.1) is 0 Å². The average Bonchev–Trinajstić information content (AvgIpc) is 2.72. The van der Waals surface area contributed by atoms with Crippen LogP contribution in [0.5, 0.6) is 5.88 Å². The Morgan fingerprint density at radius 2 is 2.10 bits per heavy atom. The fourth-order valence-corrected chi connectivity index (χ4v) is 3.62. The van der Waals surface area contributed by atoms with Crippen LogP contribution < -0.4 is 20.3 Å². The Morgan fingerprint density at radius 1 is 1.31 bits per heavy atom. The summed E-state index contributed by atoms with van der Waals surface area (Å²) in [7, 11) is 1.60. The van der Waals surface area contributed by atoms with E-state index in [0.717, 1.165) is 43.7 Å². The van der Waals surface area contributed by atoms with E-state index in [4.69, 9.17) is 17.0 Å². The smallest absolute Gasteiger partial charge is 0.234 e. The number of methoxy groups -OCH3 is 1. The van der Waals surface area contributed by atoms with Gasteiger partial charge in [0, 0.05) is 25.7 Å². The molecule has 1 aliphatic rings. The number of ether oxygens (including phenoxy) is 1. The molecule has 0 amide bonds. The summed E-state index contributed by atoms with van der Waals surface area (Å²) in [4.78, 5) is 11.2. The first-order valence-corrected chi connectivity index (χ1v) is 10.4. The molecule has 1 aliphatic heterocycles. The van der Waals surface area contributed by atoms with Gasteiger partial charge in [-0.1, -0.05) is 19.1 Å². The largest absolute Gasteiger partial charge is 0.481 e. The Balaban J connectivity index is 1.52. The number of benzene rings is 1. The van der Waals surface area contributed by atoms with Crippen molar-refractivity contribution in [3.05, 3.63) is 41.7 Å². The Hall–Kier alpha value is -2.48. The molecule has 2 N–H and O–H groups in total. The van der Waals surface area contributed by atoms with Gasteiger partial charge >= 0.3 is 0 Å². The Bertz CT molecular complexity index is 817. The van der Waals surface area contributed by atoms with E-state index in [9.17, 15) is 4.39 Å². The van der Waals surface area contributed by atoms with Gasteiger partial charge in [-0.25, -0.2) is 4.39 Å². The van der Waals surface area contributed by atoms with Gasteiger partial charge in [-0.2, -0.15) is 9.97 Å². The number of hydrogen-bond donors (Lipinski definition) is 2. The van der Waals surface area contributed by atoms with E-state index in [1.165, 1.54) is 18.6 Å². The molecular formula is C21H28FN5OS. The summed E-state index contributed by atoms with van der Waals surface area (Å²) in [5, 5.41) is 6.69. The van der Waals surface area contributed by atoms with Gasteiger partial charge in [-0.05, 0) is 61.5 Å². The predicted octanol–water partition coefficient (Wildman–Crippen LogP) is 3.78. The molecule has 1 fully saturated rings. The molecule has 1 unspecified atom stereocenters. The van der Waals surface area contributed by atoms with E-state index in [-0.39, 0.29) is 5.82 Å². The van der Waals surface area contributed by atoms with E-state index >= 15 is 0 Å². The molecular weight excluding hydrogens is 389 g/mol. The van der Waals surface area contributed by atoms with E-state index in [1.54, 1.807) is 19.2 Å². The van der Waals surface area contributed by atoms with E-state index in [1.807, 2.05) is 6.07 Å². The zero-order valence-corrected chi connectivity index (χ0v) is 17.8. The summed E-state index contributed by atoms with van der Waals surface area (Å²) >= 11 is 5.37. The molecule has 6 nitrogen and oxygen atoms in total. The van der Waals surface area contributed by atoms with Crippen molar-refractivity contribution in [3.63, 3.8) is 0 Å². The number of aromatic nitrogens is 2. The fraction of sp³-hybridized carbons (Fsp3) is 0.476. The summed E-state index contributed by atoms with van der Waals surface area (Å²) in [5.74, 6) is 2.22. The van der Waals surface area contributed by atoms with Gasteiger partial charge < -0.3 is 20.3 Å². The highest BCUT2D eigenvalue weighted by atomic mass is 32.1. The van der Waals surface area contributed by atoms with Crippen molar-refractivity contribution in [3.8, 4) is 5.88 Å². The maximum atomic E-state index is 12.9. The van der Waals surface area contributed by atoms with Crippen LogP contribution in [0.25, 0.3) is 0 Å². The average molecular weight is 418 g/mol. The lowest BCUT2D eigenvalue weighted by atomic mass is 10.0. The second-order valence-corrected chi connectivity index (χ2v) is 7.80. The maximum absolute atomic E-state index is 12.9. The van der Waals surface area contributed by atoms with Crippen LogP contribution in [-0.4, -0.2) is 41.8 Å². The van der Waals surface area contributed by atoms with Crippen molar-refractivity contribution in [2.45, 2.75) is 32.6 Å². The highest BCUT2D eigenvalue weighted by molar-refractivity contribution is 7.80. The summed E-state index contributed by atoms with van der Waals surface area (Å²) in [6.45, 7) is 4.92. The van der Waals surface area contributed by atoms with Crippen molar-refractivity contribution in [2.75, 3.05) is 37.0 Å². The lowest BCUT2D eigenvalue weighted by molar-refractivity contribution is 0.396. The third-order valence-electron chi connectivity index (χ3n) is 4.95. The monoisotopic (exact) mass is 417 g/mol. The molecule has 0 bridgehead atoms. The van der Waals surface area contributed by atoms with Gasteiger partial charge in [0.25, 0.3) is 0 Å². The third-order valence-corrected chi connectivity index (χ3v) is 5.19. The highest BCUT2D eigenvalue weighted by Gasteiger charge is 2.19. The molecule has 0 aliphatic carbocycles. The fourth-order valence-electron chi connectivity index (χ4n) is 3.42. The first-order valence-electron chi connectivity index (χ1n) is 10.0. The summed E-state index contributed by atoms with van der Waals surface area (Å²) in [6.07, 6.45) is 4.13. The quantitative estimate of drug-likeness (QED) is 0.525. The van der Waals surface area contributed by atoms with Crippen LogP contribution in [0, 0.1) is 11.7 Å². The topological polar surface area (TPSA) is 62.3 Å². The second-order valence-electron chi connectivity index (χ2n) is 7.40. The predicted molar refractivity (Wildman–Crippen MR) is 118 cm³/mol. The van der Waals surface area contributed by atoms with E-state index in [2.05, 4.69) is 32.4 Å². The molecule has 0 spiro atoms. The molecule has 8 heteroatoms. The summed E-state index contributed by atoms with van der Waals surface area (Å²) in [6, 6.07) is 8.44. The standard InChI is InChI=1S/C21H28FN5OS/c1-15-5-4-12-27(14-15)18-13-19(28-2)25-20(24-18)26-21(29)23-11-3-6-16-7-9-17(22)10-8-16/h7-10,13,15H,3-6,11-12,14H2,1-2H3,(H2,23,24,25,26,29).